The fourth-order valence-corrected chi connectivity index (χ4v) is 2.37. The molecule has 2 rings (SSSR count). The van der Waals surface area contributed by atoms with Gasteiger partial charge in [-0.2, -0.15) is 0 Å². The lowest BCUT2D eigenvalue weighted by molar-refractivity contribution is 0.105. The van der Waals surface area contributed by atoms with E-state index in [1.807, 2.05) is 0 Å². The van der Waals surface area contributed by atoms with E-state index in [4.69, 9.17) is 18.9 Å². The van der Waals surface area contributed by atoms with E-state index in [2.05, 4.69) is 6.58 Å². The molecule has 0 aliphatic rings. The van der Waals surface area contributed by atoms with Crippen LogP contribution < -0.4 is 18.9 Å². The molecule has 0 fully saturated rings. The Morgan fingerprint density at radius 2 is 1.42 bits per heavy atom. The molecule has 126 valence electrons. The summed E-state index contributed by atoms with van der Waals surface area (Å²) in [5, 5.41) is 0. The molecule has 0 aliphatic carbocycles. The average Bonchev–Trinajstić information content (AvgIpc) is 2.65. The molecule has 5 nitrogen and oxygen atoms in total. The van der Waals surface area contributed by atoms with E-state index < -0.39 is 0 Å². The summed E-state index contributed by atoms with van der Waals surface area (Å²) in [7, 11) is 6.08. The highest BCUT2D eigenvalue weighted by Crippen LogP contribution is 2.41. The van der Waals surface area contributed by atoms with E-state index >= 15 is 0 Å². The summed E-state index contributed by atoms with van der Waals surface area (Å²) in [5.41, 5.74) is 1.41. The second kappa shape index (κ2) is 7.55. The topological polar surface area (TPSA) is 54.0 Å². The van der Waals surface area contributed by atoms with Crippen LogP contribution in [0.3, 0.4) is 0 Å². The van der Waals surface area contributed by atoms with Crippen molar-refractivity contribution in [1.82, 2.24) is 0 Å². The fraction of sp³-hybridized carbons (Fsp3) is 0.211. The molecule has 0 N–H and O–H groups in total. The van der Waals surface area contributed by atoms with Crippen molar-refractivity contribution in [3.63, 3.8) is 0 Å². The number of hydrogen-bond donors (Lipinski definition) is 0. The van der Waals surface area contributed by atoms with Crippen LogP contribution in [0.25, 0.3) is 5.57 Å². The van der Waals surface area contributed by atoms with E-state index in [9.17, 15) is 4.79 Å². The third kappa shape index (κ3) is 3.20. The van der Waals surface area contributed by atoms with Crippen molar-refractivity contribution in [3.8, 4) is 23.0 Å². The molecule has 0 amide bonds. The van der Waals surface area contributed by atoms with Crippen LogP contribution in [0, 0.1) is 0 Å². The van der Waals surface area contributed by atoms with Gasteiger partial charge < -0.3 is 18.9 Å². The zero-order valence-electron chi connectivity index (χ0n) is 14.2. The van der Waals surface area contributed by atoms with Gasteiger partial charge in [0.15, 0.2) is 17.3 Å². The van der Waals surface area contributed by atoms with E-state index in [1.165, 1.54) is 21.3 Å². The minimum Gasteiger partial charge on any atom is -0.497 e. The first kappa shape index (κ1) is 17.4. The average molecular weight is 328 g/mol. The smallest absolute Gasteiger partial charge is 0.204 e. The minimum absolute atomic E-state index is 0.252. The van der Waals surface area contributed by atoms with Crippen LogP contribution in [0.2, 0.25) is 0 Å². The lowest BCUT2D eigenvalue weighted by atomic mass is 9.97. The highest BCUT2D eigenvalue weighted by molar-refractivity contribution is 6.29. The van der Waals surface area contributed by atoms with Crippen molar-refractivity contribution >= 4 is 11.4 Å². The van der Waals surface area contributed by atoms with E-state index in [0.717, 1.165) is 0 Å². The van der Waals surface area contributed by atoms with Gasteiger partial charge in [0.1, 0.15) is 5.75 Å². The number of Topliss-reactive ketones (excluding diaryl/α,β-unsaturated/α-hetero) is 1. The minimum atomic E-state index is -0.252. The third-order valence-electron chi connectivity index (χ3n) is 3.66. The van der Waals surface area contributed by atoms with Gasteiger partial charge in [-0.1, -0.05) is 18.7 Å². The quantitative estimate of drug-likeness (QED) is 0.574. The summed E-state index contributed by atoms with van der Waals surface area (Å²) in [5.74, 6) is 1.63. The number of carbonyl (C=O) groups is 1. The van der Waals surface area contributed by atoms with Crippen molar-refractivity contribution in [2.24, 2.45) is 0 Å². The summed E-state index contributed by atoms with van der Waals surface area (Å²) < 4.78 is 21.0. The molecular weight excluding hydrogens is 308 g/mol. The predicted molar refractivity (Wildman–Crippen MR) is 92.5 cm³/mol. The summed E-state index contributed by atoms with van der Waals surface area (Å²) in [6.07, 6.45) is 0. The monoisotopic (exact) mass is 328 g/mol. The molecule has 0 atom stereocenters. The molecule has 0 aromatic heterocycles. The van der Waals surface area contributed by atoms with Gasteiger partial charge in [0.05, 0.1) is 34.0 Å². The number of ketones is 1. The number of ether oxygens (including phenoxy) is 4. The van der Waals surface area contributed by atoms with E-state index in [0.29, 0.717) is 39.7 Å². The first-order valence-electron chi connectivity index (χ1n) is 7.24. The Hall–Kier alpha value is -2.95. The molecule has 0 spiro atoms. The zero-order chi connectivity index (χ0) is 17.7. The number of hydrogen-bond acceptors (Lipinski definition) is 5. The number of carbonyl (C=O) groups excluding carboxylic acids is 1. The summed E-state index contributed by atoms with van der Waals surface area (Å²) in [4.78, 5) is 12.8. The molecule has 5 heteroatoms. The number of allylic oxidation sites excluding steroid dienone is 1. The van der Waals surface area contributed by atoms with Crippen LogP contribution in [-0.2, 0) is 0 Å². The second-order valence-electron chi connectivity index (χ2n) is 4.92. The van der Waals surface area contributed by atoms with Gasteiger partial charge in [0.2, 0.25) is 5.75 Å². The van der Waals surface area contributed by atoms with Crippen molar-refractivity contribution in [3.05, 3.63) is 54.1 Å². The first-order chi connectivity index (χ1) is 11.6. The molecule has 0 radical (unpaired) electrons. The first-order valence-corrected chi connectivity index (χ1v) is 7.24. The van der Waals surface area contributed by atoms with Crippen molar-refractivity contribution in [2.75, 3.05) is 28.4 Å². The maximum atomic E-state index is 12.8. The summed E-state index contributed by atoms with van der Waals surface area (Å²) in [6, 6.07) is 10.4. The Morgan fingerprint density at radius 1 is 0.792 bits per heavy atom. The van der Waals surface area contributed by atoms with Gasteiger partial charge in [-0.25, -0.2) is 0 Å². The lowest BCUT2D eigenvalue weighted by Gasteiger charge is -2.16. The van der Waals surface area contributed by atoms with Crippen LogP contribution in [0.4, 0.5) is 0 Å². The Balaban J connectivity index is 2.42. The normalized spacial score (nSPS) is 10.0. The van der Waals surface area contributed by atoms with Crippen LogP contribution in [0.15, 0.2) is 43.0 Å². The van der Waals surface area contributed by atoms with Gasteiger partial charge >= 0.3 is 0 Å². The Labute approximate surface area is 141 Å². The molecule has 0 saturated carbocycles. The van der Waals surface area contributed by atoms with Crippen LogP contribution in [0.1, 0.15) is 15.9 Å². The SMILES string of the molecule is C=C(C(=O)c1ccc(OC)c(OC)c1OC)c1ccc(OC)cc1. The molecular formula is C19H20O5. The predicted octanol–water partition coefficient (Wildman–Crippen LogP) is 3.62. The van der Waals surface area contributed by atoms with Crippen molar-refractivity contribution in [1.29, 1.82) is 0 Å². The molecule has 24 heavy (non-hydrogen) atoms. The van der Waals surface area contributed by atoms with Gasteiger partial charge in [-0.05, 0) is 29.8 Å². The maximum Gasteiger partial charge on any atom is 0.204 e. The summed E-state index contributed by atoms with van der Waals surface area (Å²) in [6.45, 7) is 3.91. The van der Waals surface area contributed by atoms with Crippen LogP contribution in [-0.4, -0.2) is 34.2 Å². The van der Waals surface area contributed by atoms with E-state index in [1.54, 1.807) is 43.5 Å². The number of methoxy groups -OCH3 is 4. The van der Waals surface area contributed by atoms with Crippen molar-refractivity contribution in [2.45, 2.75) is 0 Å². The molecule has 0 heterocycles. The molecule has 2 aromatic rings. The van der Waals surface area contributed by atoms with Gasteiger partial charge in [-0.15, -0.1) is 0 Å². The fourth-order valence-electron chi connectivity index (χ4n) is 2.37. The third-order valence-corrected chi connectivity index (χ3v) is 3.66. The summed E-state index contributed by atoms with van der Waals surface area (Å²) >= 11 is 0. The number of benzene rings is 2. The standard InChI is InChI=1S/C19H20O5/c1-12(13-6-8-14(21-2)9-7-13)17(20)15-10-11-16(22-3)19(24-5)18(15)23-4/h6-11H,1H2,2-5H3. The maximum absolute atomic E-state index is 12.8. The Morgan fingerprint density at radius 3 is 1.92 bits per heavy atom. The molecule has 0 aliphatic heterocycles. The Kier molecular flexibility index (Phi) is 5.47. The zero-order valence-corrected chi connectivity index (χ0v) is 14.2. The lowest BCUT2D eigenvalue weighted by Crippen LogP contribution is -2.06. The highest BCUT2D eigenvalue weighted by atomic mass is 16.5. The number of rotatable bonds is 7. The molecule has 0 unspecified atom stereocenters. The molecule has 2 aromatic carbocycles. The largest absolute Gasteiger partial charge is 0.497 e. The van der Waals surface area contributed by atoms with Crippen LogP contribution >= 0.6 is 0 Å². The van der Waals surface area contributed by atoms with Gasteiger partial charge in [-0.3, -0.25) is 4.79 Å². The van der Waals surface area contributed by atoms with Gasteiger partial charge in [0.25, 0.3) is 0 Å². The Bertz CT molecular complexity index is 747. The second-order valence-corrected chi connectivity index (χ2v) is 4.92. The van der Waals surface area contributed by atoms with Gasteiger partial charge in [0, 0.05) is 5.57 Å². The highest BCUT2D eigenvalue weighted by Gasteiger charge is 2.22. The molecule has 0 bridgehead atoms. The van der Waals surface area contributed by atoms with E-state index in [-0.39, 0.29) is 5.78 Å². The van der Waals surface area contributed by atoms with Crippen LogP contribution in [0.5, 0.6) is 23.0 Å². The molecule has 0 saturated heterocycles. The van der Waals surface area contributed by atoms with Crippen molar-refractivity contribution < 1.29 is 23.7 Å².